The van der Waals surface area contributed by atoms with Crippen LogP contribution in [0.15, 0.2) is 60.8 Å². The molecule has 0 aliphatic carbocycles. The normalized spacial score (nSPS) is 12.0. The quantitative estimate of drug-likeness (QED) is 0.493. The second-order valence-electron chi connectivity index (χ2n) is 6.14. The minimum atomic E-state index is -0.532. The van der Waals surface area contributed by atoms with Gasteiger partial charge in [-0.15, -0.1) is 0 Å². The van der Waals surface area contributed by atoms with Crippen LogP contribution >= 0.6 is 0 Å². The number of rotatable bonds is 7. The lowest BCUT2D eigenvalue weighted by Crippen LogP contribution is -2.26. The maximum atomic E-state index is 12.3. The number of carbonyl (C=O) groups excluding carboxylic acids is 1. The molecule has 0 saturated carbocycles. The van der Waals surface area contributed by atoms with Gasteiger partial charge >= 0.3 is 5.97 Å². The van der Waals surface area contributed by atoms with Crippen LogP contribution in [-0.4, -0.2) is 16.7 Å². The van der Waals surface area contributed by atoms with Crippen LogP contribution in [0.1, 0.15) is 24.5 Å². The van der Waals surface area contributed by atoms with Gasteiger partial charge in [-0.25, -0.2) is 4.79 Å². The second-order valence-corrected chi connectivity index (χ2v) is 6.14. The third-order valence-electron chi connectivity index (χ3n) is 4.47. The standard InChI is InChI=1S/C21H22N2O2/c1-2-16(12-17-13-23-19-11-7-6-10-18(17)19)20(22)21(24)25-14-15-8-4-3-5-9-15/h3-11,13,16,22-23H,2,12,14H2,1H3/t16-/m0/s1. The highest BCUT2D eigenvalue weighted by atomic mass is 16.5. The molecule has 3 rings (SSSR count). The Morgan fingerprint density at radius 1 is 1.12 bits per heavy atom. The number of aromatic amines is 1. The molecule has 0 fully saturated rings. The van der Waals surface area contributed by atoms with Crippen molar-refractivity contribution in [3.63, 3.8) is 0 Å². The molecule has 2 N–H and O–H groups in total. The summed E-state index contributed by atoms with van der Waals surface area (Å²) in [4.78, 5) is 15.5. The molecule has 0 aliphatic rings. The maximum absolute atomic E-state index is 12.3. The maximum Gasteiger partial charge on any atom is 0.352 e. The molecule has 0 spiro atoms. The molecule has 4 nitrogen and oxygen atoms in total. The van der Waals surface area contributed by atoms with E-state index in [1.807, 2.05) is 61.7 Å². The van der Waals surface area contributed by atoms with Crippen molar-refractivity contribution in [2.45, 2.75) is 26.4 Å². The lowest BCUT2D eigenvalue weighted by molar-refractivity contribution is -0.137. The van der Waals surface area contributed by atoms with Crippen molar-refractivity contribution in [2.24, 2.45) is 5.92 Å². The lowest BCUT2D eigenvalue weighted by Gasteiger charge is -2.15. The molecule has 128 valence electrons. The molecule has 0 aliphatic heterocycles. The molecule has 1 aromatic heterocycles. The van der Waals surface area contributed by atoms with Crippen LogP contribution in [0.2, 0.25) is 0 Å². The van der Waals surface area contributed by atoms with Crippen LogP contribution in [0.5, 0.6) is 0 Å². The molecule has 1 atom stereocenters. The van der Waals surface area contributed by atoms with E-state index in [4.69, 9.17) is 10.1 Å². The van der Waals surface area contributed by atoms with Crippen molar-refractivity contribution in [3.8, 4) is 0 Å². The molecule has 0 bridgehead atoms. The first-order chi connectivity index (χ1) is 12.2. The first-order valence-corrected chi connectivity index (χ1v) is 8.53. The Bertz CT molecular complexity index is 868. The van der Waals surface area contributed by atoms with Crippen LogP contribution in [0.25, 0.3) is 10.9 Å². The number of carbonyl (C=O) groups is 1. The molecule has 1 heterocycles. The number of nitrogens with one attached hydrogen (secondary N) is 2. The number of hydrogen-bond acceptors (Lipinski definition) is 3. The van der Waals surface area contributed by atoms with Crippen LogP contribution in [0.4, 0.5) is 0 Å². The van der Waals surface area contributed by atoms with Gasteiger partial charge in [0.15, 0.2) is 0 Å². The highest BCUT2D eigenvalue weighted by Crippen LogP contribution is 2.23. The third-order valence-corrected chi connectivity index (χ3v) is 4.47. The zero-order valence-electron chi connectivity index (χ0n) is 14.3. The van der Waals surface area contributed by atoms with Crippen molar-refractivity contribution in [3.05, 3.63) is 71.9 Å². The third kappa shape index (κ3) is 3.97. The number of aromatic nitrogens is 1. The number of hydrogen-bond donors (Lipinski definition) is 2. The van der Waals surface area contributed by atoms with Crippen LogP contribution in [-0.2, 0) is 22.6 Å². The fourth-order valence-corrected chi connectivity index (χ4v) is 2.98. The molecule has 3 aromatic rings. The Labute approximate surface area is 147 Å². The number of benzene rings is 2. The number of esters is 1. The molecule has 0 saturated heterocycles. The Morgan fingerprint density at radius 3 is 2.60 bits per heavy atom. The summed E-state index contributed by atoms with van der Waals surface area (Å²) >= 11 is 0. The van der Waals surface area contributed by atoms with Gasteiger partial charge in [-0.1, -0.05) is 55.5 Å². The SMILES string of the molecule is CC[C@@H](Cc1c[nH]c2ccccc12)C(=N)C(=O)OCc1ccccc1. The van der Waals surface area contributed by atoms with E-state index < -0.39 is 5.97 Å². The molecule has 25 heavy (non-hydrogen) atoms. The zero-order chi connectivity index (χ0) is 17.6. The van der Waals surface area contributed by atoms with Gasteiger partial charge in [0, 0.05) is 23.0 Å². The molecule has 2 aromatic carbocycles. The Kier molecular flexibility index (Phi) is 5.29. The average Bonchev–Trinajstić information content (AvgIpc) is 3.07. The average molecular weight is 334 g/mol. The van der Waals surface area contributed by atoms with Gasteiger partial charge in [0.2, 0.25) is 0 Å². The minimum Gasteiger partial charge on any atom is -0.456 e. The van der Waals surface area contributed by atoms with Gasteiger partial charge in [-0.3, -0.25) is 5.41 Å². The van der Waals surface area contributed by atoms with Gasteiger partial charge in [-0.05, 0) is 30.0 Å². The van der Waals surface area contributed by atoms with Crippen molar-refractivity contribution < 1.29 is 9.53 Å². The van der Waals surface area contributed by atoms with E-state index in [0.717, 1.165) is 28.5 Å². The van der Waals surface area contributed by atoms with Crippen LogP contribution in [0, 0.1) is 11.3 Å². The largest absolute Gasteiger partial charge is 0.456 e. The minimum absolute atomic E-state index is 0.0451. The van der Waals surface area contributed by atoms with E-state index in [-0.39, 0.29) is 18.2 Å². The molecule has 4 heteroatoms. The predicted molar refractivity (Wildman–Crippen MR) is 99.7 cm³/mol. The van der Waals surface area contributed by atoms with Gasteiger partial charge in [-0.2, -0.15) is 0 Å². The van der Waals surface area contributed by atoms with E-state index in [1.165, 1.54) is 0 Å². The van der Waals surface area contributed by atoms with E-state index >= 15 is 0 Å². The number of para-hydroxylation sites is 1. The van der Waals surface area contributed by atoms with Gasteiger partial charge < -0.3 is 9.72 Å². The highest BCUT2D eigenvalue weighted by Gasteiger charge is 2.22. The second kappa shape index (κ2) is 7.79. The van der Waals surface area contributed by atoms with Crippen LogP contribution < -0.4 is 0 Å². The topological polar surface area (TPSA) is 65.9 Å². The fourth-order valence-electron chi connectivity index (χ4n) is 2.98. The summed E-state index contributed by atoms with van der Waals surface area (Å²) in [5.41, 5.74) is 3.17. The number of H-pyrrole nitrogens is 1. The molecular formula is C21H22N2O2. The summed E-state index contributed by atoms with van der Waals surface area (Å²) in [6.45, 7) is 2.20. The highest BCUT2D eigenvalue weighted by molar-refractivity contribution is 6.35. The smallest absolute Gasteiger partial charge is 0.352 e. The lowest BCUT2D eigenvalue weighted by atomic mass is 9.92. The van der Waals surface area contributed by atoms with Gasteiger partial charge in [0.05, 0.1) is 0 Å². The summed E-state index contributed by atoms with van der Waals surface area (Å²) in [5, 5.41) is 9.39. The number of ether oxygens (including phenoxy) is 1. The Morgan fingerprint density at radius 2 is 1.84 bits per heavy atom. The molecule has 0 unspecified atom stereocenters. The summed E-state index contributed by atoms with van der Waals surface area (Å²) in [5.74, 6) is -0.682. The van der Waals surface area contributed by atoms with E-state index in [2.05, 4.69) is 11.1 Å². The van der Waals surface area contributed by atoms with Crippen molar-refractivity contribution >= 4 is 22.6 Å². The Hall–Kier alpha value is -2.88. The summed E-state index contributed by atoms with van der Waals surface area (Å²) in [7, 11) is 0. The first kappa shape index (κ1) is 17.0. The van der Waals surface area contributed by atoms with E-state index in [0.29, 0.717) is 6.42 Å². The monoisotopic (exact) mass is 334 g/mol. The summed E-state index contributed by atoms with van der Waals surface area (Å²) in [6, 6.07) is 17.6. The summed E-state index contributed by atoms with van der Waals surface area (Å²) in [6.07, 6.45) is 3.34. The summed E-state index contributed by atoms with van der Waals surface area (Å²) < 4.78 is 5.31. The van der Waals surface area contributed by atoms with Crippen molar-refractivity contribution in [1.29, 1.82) is 5.41 Å². The number of fused-ring (bicyclic) bond motifs is 1. The van der Waals surface area contributed by atoms with Gasteiger partial charge in [0.25, 0.3) is 0 Å². The fraction of sp³-hybridized carbons (Fsp3) is 0.238. The molecule has 0 radical (unpaired) electrons. The van der Waals surface area contributed by atoms with Crippen molar-refractivity contribution in [1.82, 2.24) is 4.98 Å². The van der Waals surface area contributed by atoms with Gasteiger partial charge in [0.1, 0.15) is 12.3 Å². The molecular weight excluding hydrogens is 312 g/mol. The Balaban J connectivity index is 1.65. The van der Waals surface area contributed by atoms with E-state index in [9.17, 15) is 4.79 Å². The molecule has 0 amide bonds. The van der Waals surface area contributed by atoms with Crippen LogP contribution in [0.3, 0.4) is 0 Å². The van der Waals surface area contributed by atoms with Crippen molar-refractivity contribution in [2.75, 3.05) is 0 Å². The van der Waals surface area contributed by atoms with E-state index in [1.54, 1.807) is 0 Å². The zero-order valence-corrected chi connectivity index (χ0v) is 14.3. The predicted octanol–water partition coefficient (Wildman–Crippen LogP) is 4.50. The first-order valence-electron chi connectivity index (χ1n) is 8.53.